The van der Waals surface area contributed by atoms with Gasteiger partial charge in [-0.1, -0.05) is 0 Å². The molecule has 1 fully saturated rings. The highest BCUT2D eigenvalue weighted by molar-refractivity contribution is 6.05. The number of likely N-dealkylation sites (tertiary alicyclic amines) is 1. The fourth-order valence-electron chi connectivity index (χ4n) is 3.65. The maximum atomic E-state index is 12.3. The molecule has 1 aliphatic rings. The lowest BCUT2D eigenvalue weighted by atomic mass is 9.88. The van der Waals surface area contributed by atoms with E-state index in [9.17, 15) is 18.0 Å². The van der Waals surface area contributed by atoms with Crippen LogP contribution in [-0.4, -0.2) is 51.8 Å². The van der Waals surface area contributed by atoms with Crippen molar-refractivity contribution in [2.45, 2.75) is 24.9 Å². The first kappa shape index (κ1) is 17.6. The average molecular weight is 378 g/mol. The molecule has 3 aromatic heterocycles. The van der Waals surface area contributed by atoms with Crippen LogP contribution in [0.1, 0.15) is 24.3 Å². The summed E-state index contributed by atoms with van der Waals surface area (Å²) in [7, 11) is 0. The summed E-state index contributed by atoms with van der Waals surface area (Å²) in [6.45, 7) is -0.873. The maximum Gasteiger partial charge on any atom is 0.422 e. The fourth-order valence-corrected chi connectivity index (χ4v) is 3.65. The zero-order chi connectivity index (χ0) is 19.0. The minimum absolute atomic E-state index is 0.0109. The van der Waals surface area contributed by atoms with Crippen LogP contribution in [0, 0.1) is 0 Å². The molecular formula is C18H17F3N4O2. The zero-order valence-electron chi connectivity index (χ0n) is 14.3. The van der Waals surface area contributed by atoms with Crippen LogP contribution in [0.25, 0.3) is 21.9 Å². The average Bonchev–Trinajstić information content (AvgIpc) is 3.14. The van der Waals surface area contributed by atoms with Crippen LogP contribution in [0.5, 0.6) is 0 Å². The van der Waals surface area contributed by atoms with Gasteiger partial charge in [0.05, 0.1) is 11.7 Å². The van der Waals surface area contributed by atoms with E-state index in [-0.39, 0.29) is 5.92 Å². The van der Waals surface area contributed by atoms with Crippen LogP contribution in [-0.2, 0) is 4.74 Å². The molecule has 27 heavy (non-hydrogen) atoms. The Labute approximate surface area is 152 Å². The number of halogens is 3. The van der Waals surface area contributed by atoms with Crippen molar-refractivity contribution in [2.75, 3.05) is 19.7 Å². The van der Waals surface area contributed by atoms with Crippen molar-refractivity contribution in [3.8, 4) is 0 Å². The van der Waals surface area contributed by atoms with Crippen LogP contribution in [0.3, 0.4) is 0 Å². The molecule has 3 aromatic rings. The Morgan fingerprint density at radius 3 is 3.00 bits per heavy atom. The molecule has 1 atom stereocenters. The van der Waals surface area contributed by atoms with Gasteiger partial charge in [0, 0.05) is 42.2 Å². The molecule has 0 aliphatic carbocycles. The fraction of sp³-hybridized carbons (Fsp3) is 0.389. The van der Waals surface area contributed by atoms with Crippen LogP contribution < -0.4 is 0 Å². The number of piperidine rings is 1. The van der Waals surface area contributed by atoms with Crippen molar-refractivity contribution in [2.24, 2.45) is 0 Å². The lowest BCUT2D eigenvalue weighted by Crippen LogP contribution is -2.40. The predicted octanol–water partition coefficient (Wildman–Crippen LogP) is 3.99. The molecule has 0 saturated carbocycles. The number of H-pyrrole nitrogens is 1. The Bertz CT molecular complexity index is 986. The molecule has 0 radical (unpaired) electrons. The number of fused-ring (bicyclic) bond motifs is 3. The summed E-state index contributed by atoms with van der Waals surface area (Å²) in [6.07, 6.45) is 1.25. The summed E-state index contributed by atoms with van der Waals surface area (Å²) < 4.78 is 41.3. The second-order valence-electron chi connectivity index (χ2n) is 6.61. The molecule has 1 unspecified atom stereocenters. The normalized spacial score (nSPS) is 18.2. The van der Waals surface area contributed by atoms with E-state index < -0.39 is 18.9 Å². The first-order valence-electron chi connectivity index (χ1n) is 8.61. The summed E-state index contributed by atoms with van der Waals surface area (Å²) >= 11 is 0. The maximum absolute atomic E-state index is 12.3. The van der Waals surface area contributed by atoms with Gasteiger partial charge in [-0.2, -0.15) is 13.2 Å². The molecule has 0 aromatic carbocycles. The first-order valence-corrected chi connectivity index (χ1v) is 8.61. The van der Waals surface area contributed by atoms with E-state index in [0.29, 0.717) is 19.5 Å². The highest BCUT2D eigenvalue weighted by Crippen LogP contribution is 2.34. The molecule has 9 heteroatoms. The Morgan fingerprint density at radius 2 is 2.19 bits per heavy atom. The number of nitrogens with one attached hydrogen (secondary N) is 1. The van der Waals surface area contributed by atoms with Gasteiger partial charge in [0.2, 0.25) is 0 Å². The van der Waals surface area contributed by atoms with Crippen LogP contribution in [0.15, 0.2) is 30.7 Å². The number of ether oxygens (including phenoxy) is 1. The third-order valence-corrected chi connectivity index (χ3v) is 4.80. The van der Waals surface area contributed by atoms with Crippen molar-refractivity contribution < 1.29 is 22.7 Å². The molecule has 4 rings (SSSR count). The number of carbonyl (C=O) groups excluding carboxylic acids is 1. The second-order valence-corrected chi connectivity index (χ2v) is 6.61. The van der Waals surface area contributed by atoms with Gasteiger partial charge < -0.3 is 14.6 Å². The number of carbonyl (C=O) groups is 1. The third-order valence-electron chi connectivity index (χ3n) is 4.80. The number of hydrogen-bond acceptors (Lipinski definition) is 4. The van der Waals surface area contributed by atoms with Crippen molar-refractivity contribution in [1.82, 2.24) is 19.9 Å². The van der Waals surface area contributed by atoms with Gasteiger partial charge in [-0.3, -0.25) is 4.98 Å². The van der Waals surface area contributed by atoms with Gasteiger partial charge >= 0.3 is 12.3 Å². The lowest BCUT2D eigenvalue weighted by molar-refractivity contribution is -0.162. The summed E-state index contributed by atoms with van der Waals surface area (Å²) in [6, 6.07) is 3.83. The highest BCUT2D eigenvalue weighted by atomic mass is 19.4. The Kier molecular flexibility index (Phi) is 4.37. The quantitative estimate of drug-likeness (QED) is 0.732. The summed E-state index contributed by atoms with van der Waals surface area (Å²) in [5, 5.41) is 1.90. The Hall–Kier alpha value is -2.84. The summed E-state index contributed by atoms with van der Waals surface area (Å²) in [5.74, 6) is -0.0109. The van der Waals surface area contributed by atoms with E-state index in [0.717, 1.165) is 33.9 Å². The van der Waals surface area contributed by atoms with Crippen molar-refractivity contribution in [3.63, 3.8) is 0 Å². The molecule has 6 nitrogen and oxygen atoms in total. The first-order chi connectivity index (χ1) is 12.9. The van der Waals surface area contributed by atoms with Gasteiger partial charge in [0.25, 0.3) is 0 Å². The van der Waals surface area contributed by atoms with Gasteiger partial charge in [-0.25, -0.2) is 9.78 Å². The van der Waals surface area contributed by atoms with Gasteiger partial charge in [0.1, 0.15) is 5.65 Å². The van der Waals surface area contributed by atoms with Crippen LogP contribution >= 0.6 is 0 Å². The van der Waals surface area contributed by atoms with Gasteiger partial charge in [0.15, 0.2) is 6.61 Å². The number of pyridine rings is 2. The Balaban J connectivity index is 1.62. The Morgan fingerprint density at radius 1 is 1.33 bits per heavy atom. The number of rotatable bonds is 2. The summed E-state index contributed by atoms with van der Waals surface area (Å²) in [5.41, 5.74) is 2.51. The SMILES string of the molecule is O=C(OCC(F)(F)F)N1CCCC(c2ccnc3cnc4[nH]ccc4c23)C1. The molecule has 142 valence electrons. The number of aromatic amines is 1. The van der Waals surface area contributed by atoms with E-state index in [1.807, 2.05) is 12.1 Å². The molecule has 4 heterocycles. The minimum atomic E-state index is -4.53. The predicted molar refractivity (Wildman–Crippen MR) is 92.3 cm³/mol. The van der Waals surface area contributed by atoms with E-state index >= 15 is 0 Å². The number of alkyl halides is 3. The van der Waals surface area contributed by atoms with Crippen molar-refractivity contribution >= 4 is 28.0 Å². The molecule has 0 bridgehead atoms. The largest absolute Gasteiger partial charge is 0.440 e. The van der Waals surface area contributed by atoms with E-state index in [1.54, 1.807) is 18.6 Å². The number of nitrogens with zero attached hydrogens (tertiary/aromatic N) is 3. The van der Waals surface area contributed by atoms with Crippen molar-refractivity contribution in [3.05, 3.63) is 36.3 Å². The topological polar surface area (TPSA) is 71.1 Å². The molecular weight excluding hydrogens is 361 g/mol. The van der Waals surface area contributed by atoms with Crippen molar-refractivity contribution in [1.29, 1.82) is 0 Å². The second kappa shape index (κ2) is 6.71. The molecule has 0 spiro atoms. The summed E-state index contributed by atoms with van der Waals surface area (Å²) in [4.78, 5) is 25.2. The third kappa shape index (κ3) is 3.54. The molecule has 1 aliphatic heterocycles. The number of aromatic nitrogens is 3. The van der Waals surface area contributed by atoms with E-state index in [1.165, 1.54) is 4.90 Å². The number of amides is 1. The van der Waals surface area contributed by atoms with Gasteiger partial charge in [-0.15, -0.1) is 0 Å². The van der Waals surface area contributed by atoms with Crippen LogP contribution in [0.2, 0.25) is 0 Å². The minimum Gasteiger partial charge on any atom is -0.440 e. The smallest absolute Gasteiger partial charge is 0.422 e. The lowest BCUT2D eigenvalue weighted by Gasteiger charge is -2.32. The monoisotopic (exact) mass is 378 g/mol. The molecule has 1 N–H and O–H groups in total. The highest BCUT2D eigenvalue weighted by Gasteiger charge is 2.32. The standard InChI is InChI=1S/C18H17F3N4O2/c19-18(20,21)10-27-17(26)25-7-1-2-11(9-25)12-3-5-22-14-8-24-16-13(15(12)14)4-6-23-16/h3-6,8,11H,1-2,7,9-10H2,(H,23,24). The number of hydrogen-bond donors (Lipinski definition) is 1. The van der Waals surface area contributed by atoms with E-state index in [4.69, 9.17) is 0 Å². The van der Waals surface area contributed by atoms with Gasteiger partial charge in [-0.05, 0) is 30.5 Å². The molecule has 1 saturated heterocycles. The molecule has 1 amide bonds. The van der Waals surface area contributed by atoms with Crippen LogP contribution in [0.4, 0.5) is 18.0 Å². The zero-order valence-corrected chi connectivity index (χ0v) is 14.3. The van der Waals surface area contributed by atoms with E-state index in [2.05, 4.69) is 19.7 Å².